The standard InChI is InChI=1S/C7H12N2O3/c1-6(10)8-2-3-9-4-5-12-7(9)11/h2-5H2,1H3,(H,8,10). The smallest absolute Gasteiger partial charge is 0.409 e. The van der Waals surface area contributed by atoms with Crippen LogP contribution in [0.4, 0.5) is 4.79 Å². The summed E-state index contributed by atoms with van der Waals surface area (Å²) in [6.07, 6.45) is -0.291. The number of hydrogen-bond acceptors (Lipinski definition) is 3. The molecule has 0 aromatic rings. The lowest BCUT2D eigenvalue weighted by atomic mass is 10.5. The number of rotatable bonds is 3. The van der Waals surface area contributed by atoms with Gasteiger partial charge in [-0.25, -0.2) is 4.79 Å². The third kappa shape index (κ3) is 2.41. The van der Waals surface area contributed by atoms with Crippen molar-refractivity contribution in [2.45, 2.75) is 6.92 Å². The molecule has 1 saturated heterocycles. The predicted molar refractivity (Wildman–Crippen MR) is 41.6 cm³/mol. The van der Waals surface area contributed by atoms with Crippen LogP contribution in [0.15, 0.2) is 0 Å². The average Bonchev–Trinajstić information content (AvgIpc) is 2.36. The molecule has 0 aliphatic carbocycles. The van der Waals surface area contributed by atoms with Gasteiger partial charge in [0.1, 0.15) is 6.61 Å². The largest absolute Gasteiger partial charge is 0.448 e. The Hall–Kier alpha value is -1.26. The van der Waals surface area contributed by atoms with Gasteiger partial charge in [-0.05, 0) is 0 Å². The number of hydrogen-bond donors (Lipinski definition) is 1. The first-order valence-electron chi connectivity index (χ1n) is 3.86. The summed E-state index contributed by atoms with van der Waals surface area (Å²) in [5, 5.41) is 2.60. The summed E-state index contributed by atoms with van der Waals surface area (Å²) >= 11 is 0. The van der Waals surface area contributed by atoms with Crippen LogP contribution >= 0.6 is 0 Å². The second-order valence-corrected chi connectivity index (χ2v) is 2.58. The third-order valence-corrected chi connectivity index (χ3v) is 1.60. The van der Waals surface area contributed by atoms with E-state index < -0.39 is 0 Å². The summed E-state index contributed by atoms with van der Waals surface area (Å²) in [6, 6.07) is 0. The number of carbonyl (C=O) groups is 2. The van der Waals surface area contributed by atoms with E-state index in [1.165, 1.54) is 6.92 Å². The zero-order valence-electron chi connectivity index (χ0n) is 7.00. The van der Waals surface area contributed by atoms with Gasteiger partial charge in [0.15, 0.2) is 0 Å². The van der Waals surface area contributed by atoms with Gasteiger partial charge < -0.3 is 15.0 Å². The molecular formula is C7H12N2O3. The van der Waals surface area contributed by atoms with Crippen molar-refractivity contribution >= 4 is 12.0 Å². The lowest BCUT2D eigenvalue weighted by molar-refractivity contribution is -0.118. The van der Waals surface area contributed by atoms with Gasteiger partial charge in [-0.2, -0.15) is 0 Å². The van der Waals surface area contributed by atoms with E-state index in [1.54, 1.807) is 4.90 Å². The average molecular weight is 172 g/mol. The molecule has 1 rings (SSSR count). The molecule has 0 spiro atoms. The summed E-state index contributed by atoms with van der Waals surface area (Å²) < 4.78 is 4.70. The minimum absolute atomic E-state index is 0.0810. The van der Waals surface area contributed by atoms with E-state index in [0.29, 0.717) is 26.2 Å². The van der Waals surface area contributed by atoms with E-state index in [4.69, 9.17) is 4.74 Å². The lowest BCUT2D eigenvalue weighted by Gasteiger charge is -2.11. The molecule has 12 heavy (non-hydrogen) atoms. The van der Waals surface area contributed by atoms with Crippen molar-refractivity contribution in [2.24, 2.45) is 0 Å². The molecule has 0 bridgehead atoms. The summed E-state index contributed by atoms with van der Waals surface area (Å²) in [5.74, 6) is -0.0810. The topological polar surface area (TPSA) is 58.6 Å². The highest BCUT2D eigenvalue weighted by Crippen LogP contribution is 2.00. The SMILES string of the molecule is CC(=O)NCCN1CCOC1=O. The maximum atomic E-state index is 10.8. The van der Waals surface area contributed by atoms with Gasteiger partial charge >= 0.3 is 6.09 Å². The molecule has 5 heteroatoms. The van der Waals surface area contributed by atoms with Gasteiger partial charge in [-0.1, -0.05) is 0 Å². The zero-order chi connectivity index (χ0) is 8.97. The quantitative estimate of drug-likeness (QED) is 0.628. The van der Waals surface area contributed by atoms with Gasteiger partial charge in [-0.15, -0.1) is 0 Å². The number of ether oxygens (including phenoxy) is 1. The summed E-state index contributed by atoms with van der Waals surface area (Å²) in [5.41, 5.74) is 0. The summed E-state index contributed by atoms with van der Waals surface area (Å²) in [6.45, 7) is 3.54. The van der Waals surface area contributed by atoms with E-state index in [-0.39, 0.29) is 12.0 Å². The van der Waals surface area contributed by atoms with E-state index >= 15 is 0 Å². The zero-order valence-corrected chi connectivity index (χ0v) is 7.00. The highest BCUT2D eigenvalue weighted by Gasteiger charge is 2.20. The molecule has 1 aliphatic heterocycles. The molecule has 1 heterocycles. The van der Waals surface area contributed by atoms with Gasteiger partial charge in [0.25, 0.3) is 0 Å². The summed E-state index contributed by atoms with van der Waals surface area (Å²) in [7, 11) is 0. The molecule has 0 radical (unpaired) electrons. The fourth-order valence-corrected chi connectivity index (χ4v) is 0.996. The van der Waals surface area contributed by atoms with Crippen LogP contribution in [0.1, 0.15) is 6.92 Å². The minimum Gasteiger partial charge on any atom is -0.448 e. The molecule has 0 unspecified atom stereocenters. The van der Waals surface area contributed by atoms with Crippen LogP contribution in [0.25, 0.3) is 0 Å². The fraction of sp³-hybridized carbons (Fsp3) is 0.714. The Bertz CT molecular complexity index is 193. The molecule has 0 atom stereocenters. The van der Waals surface area contributed by atoms with Crippen molar-refractivity contribution in [1.29, 1.82) is 0 Å². The number of cyclic esters (lactones) is 1. The van der Waals surface area contributed by atoms with Crippen LogP contribution in [0, 0.1) is 0 Å². The van der Waals surface area contributed by atoms with E-state index in [2.05, 4.69) is 5.32 Å². The van der Waals surface area contributed by atoms with E-state index in [1.807, 2.05) is 0 Å². The van der Waals surface area contributed by atoms with Crippen molar-refractivity contribution in [3.63, 3.8) is 0 Å². The maximum absolute atomic E-state index is 10.8. The van der Waals surface area contributed by atoms with Crippen molar-refractivity contribution in [3.05, 3.63) is 0 Å². The first-order chi connectivity index (χ1) is 5.70. The van der Waals surface area contributed by atoms with Crippen LogP contribution in [0.2, 0.25) is 0 Å². The number of amides is 2. The second kappa shape index (κ2) is 3.94. The lowest BCUT2D eigenvalue weighted by Crippen LogP contribution is -2.34. The van der Waals surface area contributed by atoms with Crippen molar-refractivity contribution < 1.29 is 14.3 Å². The molecule has 1 N–H and O–H groups in total. The maximum Gasteiger partial charge on any atom is 0.409 e. The van der Waals surface area contributed by atoms with Crippen LogP contribution < -0.4 is 5.32 Å². The minimum atomic E-state index is -0.291. The molecule has 1 aliphatic rings. The number of carbonyl (C=O) groups excluding carboxylic acids is 2. The molecular weight excluding hydrogens is 160 g/mol. The van der Waals surface area contributed by atoms with E-state index in [9.17, 15) is 9.59 Å². The molecule has 0 aromatic carbocycles. The van der Waals surface area contributed by atoms with Crippen molar-refractivity contribution in [3.8, 4) is 0 Å². The first kappa shape index (κ1) is 8.83. The van der Waals surface area contributed by atoms with Crippen molar-refractivity contribution in [2.75, 3.05) is 26.2 Å². The Kier molecular flexibility index (Phi) is 2.90. The van der Waals surface area contributed by atoms with E-state index in [0.717, 1.165) is 0 Å². The van der Waals surface area contributed by atoms with Gasteiger partial charge in [0.2, 0.25) is 5.91 Å². The highest BCUT2D eigenvalue weighted by molar-refractivity contribution is 5.73. The van der Waals surface area contributed by atoms with Crippen LogP contribution in [0.3, 0.4) is 0 Å². The van der Waals surface area contributed by atoms with Gasteiger partial charge in [0.05, 0.1) is 6.54 Å². The Balaban J connectivity index is 2.14. The molecule has 1 fully saturated rings. The molecule has 0 saturated carbocycles. The fourth-order valence-electron chi connectivity index (χ4n) is 0.996. The molecule has 68 valence electrons. The highest BCUT2D eigenvalue weighted by atomic mass is 16.6. The number of nitrogens with zero attached hydrogens (tertiary/aromatic N) is 1. The van der Waals surface area contributed by atoms with Gasteiger partial charge in [0, 0.05) is 20.0 Å². The van der Waals surface area contributed by atoms with Crippen LogP contribution in [-0.2, 0) is 9.53 Å². The Labute approximate surface area is 70.7 Å². The Morgan fingerprint density at radius 1 is 1.75 bits per heavy atom. The predicted octanol–water partition coefficient (Wildman–Crippen LogP) is -0.425. The second-order valence-electron chi connectivity index (χ2n) is 2.58. The third-order valence-electron chi connectivity index (χ3n) is 1.60. The molecule has 2 amide bonds. The Morgan fingerprint density at radius 2 is 2.50 bits per heavy atom. The Morgan fingerprint density at radius 3 is 3.00 bits per heavy atom. The molecule has 0 aromatic heterocycles. The van der Waals surface area contributed by atoms with Crippen LogP contribution in [-0.4, -0.2) is 43.1 Å². The summed E-state index contributed by atoms with van der Waals surface area (Å²) in [4.78, 5) is 22.9. The first-order valence-corrected chi connectivity index (χ1v) is 3.86. The monoisotopic (exact) mass is 172 g/mol. The van der Waals surface area contributed by atoms with Crippen LogP contribution in [0.5, 0.6) is 0 Å². The van der Waals surface area contributed by atoms with Gasteiger partial charge in [-0.3, -0.25) is 4.79 Å². The number of nitrogens with one attached hydrogen (secondary N) is 1. The normalized spacial score (nSPS) is 16.1. The van der Waals surface area contributed by atoms with Crippen molar-refractivity contribution in [1.82, 2.24) is 10.2 Å². The molecule has 5 nitrogen and oxygen atoms in total.